The first kappa shape index (κ1) is 8.48. The first-order chi connectivity index (χ1) is 7.31. The van der Waals surface area contributed by atoms with Crippen molar-refractivity contribution < 1.29 is 4.79 Å². The molecule has 0 atom stereocenters. The second kappa shape index (κ2) is 2.83. The molecule has 0 radical (unpaired) electrons. The molecule has 0 amide bonds. The molecule has 0 unspecified atom stereocenters. The molecule has 0 spiro atoms. The van der Waals surface area contributed by atoms with Crippen molar-refractivity contribution in [3.8, 4) is 0 Å². The summed E-state index contributed by atoms with van der Waals surface area (Å²) < 4.78 is 2.20. The second-order valence-electron chi connectivity index (χ2n) is 3.94. The summed E-state index contributed by atoms with van der Waals surface area (Å²) in [6.07, 6.45) is 0.969. The first-order valence-electron chi connectivity index (χ1n) is 5.05. The van der Waals surface area contributed by atoms with Crippen molar-refractivity contribution in [2.75, 3.05) is 0 Å². The van der Waals surface area contributed by atoms with Crippen molar-refractivity contribution >= 4 is 22.8 Å². The van der Waals surface area contributed by atoms with E-state index in [1.165, 1.54) is 16.6 Å². The van der Waals surface area contributed by atoms with Crippen molar-refractivity contribution in [1.82, 2.24) is 4.57 Å². The van der Waals surface area contributed by atoms with Crippen LogP contribution >= 0.6 is 0 Å². The molecule has 1 aliphatic heterocycles. The molecule has 1 aromatic carbocycles. The zero-order valence-electron chi connectivity index (χ0n) is 8.53. The van der Waals surface area contributed by atoms with Crippen LogP contribution in [0, 0.1) is 0 Å². The van der Waals surface area contributed by atoms with Gasteiger partial charge in [-0.2, -0.15) is 0 Å². The monoisotopic (exact) mass is 197 g/mol. The van der Waals surface area contributed by atoms with Gasteiger partial charge in [0, 0.05) is 22.2 Å². The molecule has 0 saturated carbocycles. The number of rotatable bonds is 1. The first-order valence-corrected chi connectivity index (χ1v) is 5.05. The van der Waals surface area contributed by atoms with Gasteiger partial charge in [-0.15, -0.1) is 0 Å². The van der Waals surface area contributed by atoms with Crippen LogP contribution in [0.25, 0.3) is 16.5 Å². The third-order valence-electron chi connectivity index (χ3n) is 3.15. The number of hydrogen-bond donors (Lipinski definition) is 0. The SMILES string of the molecule is CC1=C(C=O)Cn2c1cc1ccccc12. The van der Waals surface area contributed by atoms with Crippen LogP contribution in [0.2, 0.25) is 0 Å². The van der Waals surface area contributed by atoms with E-state index in [2.05, 4.69) is 22.8 Å². The smallest absolute Gasteiger partial charge is 0.148 e. The molecule has 0 aliphatic carbocycles. The van der Waals surface area contributed by atoms with E-state index in [4.69, 9.17) is 0 Å². The fourth-order valence-corrected chi connectivity index (χ4v) is 2.27. The highest BCUT2D eigenvalue weighted by Crippen LogP contribution is 2.32. The lowest BCUT2D eigenvalue weighted by Crippen LogP contribution is -1.95. The van der Waals surface area contributed by atoms with E-state index < -0.39 is 0 Å². The number of para-hydroxylation sites is 1. The maximum atomic E-state index is 10.8. The van der Waals surface area contributed by atoms with E-state index in [0.717, 1.165) is 24.0 Å². The second-order valence-corrected chi connectivity index (χ2v) is 3.94. The van der Waals surface area contributed by atoms with Crippen LogP contribution < -0.4 is 0 Å². The molecule has 2 nitrogen and oxygen atoms in total. The summed E-state index contributed by atoms with van der Waals surface area (Å²) in [4.78, 5) is 10.8. The average Bonchev–Trinajstić information content (AvgIpc) is 2.76. The van der Waals surface area contributed by atoms with Crippen LogP contribution in [-0.2, 0) is 11.3 Å². The lowest BCUT2D eigenvalue weighted by molar-refractivity contribution is -0.105. The lowest BCUT2D eigenvalue weighted by atomic mass is 10.1. The van der Waals surface area contributed by atoms with E-state index in [1.807, 2.05) is 19.1 Å². The molecule has 74 valence electrons. The largest absolute Gasteiger partial charge is 0.336 e. The predicted octanol–water partition coefficient (Wildman–Crippen LogP) is 2.63. The number of aromatic nitrogens is 1. The maximum Gasteiger partial charge on any atom is 0.148 e. The Morgan fingerprint density at radius 2 is 2.13 bits per heavy atom. The zero-order chi connectivity index (χ0) is 10.4. The molecule has 15 heavy (non-hydrogen) atoms. The van der Waals surface area contributed by atoms with Crippen molar-refractivity contribution in [3.63, 3.8) is 0 Å². The molecule has 0 saturated heterocycles. The molecule has 0 N–H and O–H groups in total. The van der Waals surface area contributed by atoms with Gasteiger partial charge < -0.3 is 4.57 Å². The minimum absolute atomic E-state index is 0.720. The highest BCUT2D eigenvalue weighted by atomic mass is 16.1. The third kappa shape index (κ3) is 1.02. The summed E-state index contributed by atoms with van der Waals surface area (Å²) in [5, 5.41) is 1.25. The van der Waals surface area contributed by atoms with Gasteiger partial charge in [0.05, 0.1) is 6.54 Å². The molecular weight excluding hydrogens is 186 g/mol. The van der Waals surface area contributed by atoms with Gasteiger partial charge in [0.2, 0.25) is 0 Å². The fourth-order valence-electron chi connectivity index (χ4n) is 2.27. The standard InChI is InChI=1S/C13H11NO/c1-9-11(8-15)7-14-12-5-3-2-4-10(12)6-13(9)14/h2-6,8H,7H2,1H3. The molecule has 3 rings (SSSR count). The number of allylic oxidation sites excluding steroid dienone is 2. The molecule has 2 aromatic rings. The number of hydrogen-bond acceptors (Lipinski definition) is 1. The summed E-state index contributed by atoms with van der Waals surface area (Å²) in [5.74, 6) is 0. The van der Waals surface area contributed by atoms with Crippen LogP contribution in [0.5, 0.6) is 0 Å². The maximum absolute atomic E-state index is 10.8. The summed E-state index contributed by atoms with van der Waals surface area (Å²) in [5.41, 5.74) is 4.40. The topological polar surface area (TPSA) is 22.0 Å². The molecular formula is C13H11NO. The van der Waals surface area contributed by atoms with Gasteiger partial charge in [0.15, 0.2) is 0 Å². The number of carbonyl (C=O) groups excluding carboxylic acids is 1. The van der Waals surface area contributed by atoms with Crippen LogP contribution in [0.1, 0.15) is 12.6 Å². The average molecular weight is 197 g/mol. The summed E-state index contributed by atoms with van der Waals surface area (Å²) in [6.45, 7) is 2.74. The Kier molecular flexibility index (Phi) is 1.60. The number of nitrogens with zero attached hydrogens (tertiary/aromatic N) is 1. The van der Waals surface area contributed by atoms with E-state index in [1.54, 1.807) is 0 Å². The van der Waals surface area contributed by atoms with Crippen molar-refractivity contribution in [1.29, 1.82) is 0 Å². The van der Waals surface area contributed by atoms with E-state index in [0.29, 0.717) is 0 Å². The Bertz CT molecular complexity index is 590. The summed E-state index contributed by atoms with van der Waals surface area (Å²) in [7, 11) is 0. The Morgan fingerprint density at radius 1 is 1.33 bits per heavy atom. The lowest BCUT2D eigenvalue weighted by Gasteiger charge is -1.99. The zero-order valence-corrected chi connectivity index (χ0v) is 8.53. The number of carbonyl (C=O) groups is 1. The number of fused-ring (bicyclic) bond motifs is 3. The quantitative estimate of drug-likeness (QED) is 0.644. The molecule has 0 fully saturated rings. The van der Waals surface area contributed by atoms with Gasteiger partial charge in [-0.05, 0) is 24.6 Å². The van der Waals surface area contributed by atoms with Crippen LogP contribution in [0.4, 0.5) is 0 Å². The Balaban J connectivity index is 2.33. The van der Waals surface area contributed by atoms with Gasteiger partial charge in [-0.25, -0.2) is 0 Å². The fraction of sp³-hybridized carbons (Fsp3) is 0.154. The molecule has 2 heterocycles. The van der Waals surface area contributed by atoms with Gasteiger partial charge in [0.1, 0.15) is 6.29 Å². The van der Waals surface area contributed by atoms with Crippen molar-refractivity contribution in [2.45, 2.75) is 13.5 Å². The number of benzene rings is 1. The van der Waals surface area contributed by atoms with Crippen LogP contribution in [0.3, 0.4) is 0 Å². The van der Waals surface area contributed by atoms with E-state index >= 15 is 0 Å². The number of aldehydes is 1. The van der Waals surface area contributed by atoms with Gasteiger partial charge in [-0.3, -0.25) is 4.79 Å². The molecule has 1 aromatic heterocycles. The molecule has 1 aliphatic rings. The van der Waals surface area contributed by atoms with Gasteiger partial charge in [-0.1, -0.05) is 18.2 Å². The summed E-state index contributed by atoms with van der Waals surface area (Å²) >= 11 is 0. The Labute approximate surface area is 87.8 Å². The molecule has 0 bridgehead atoms. The minimum atomic E-state index is 0.720. The summed E-state index contributed by atoms with van der Waals surface area (Å²) in [6, 6.07) is 10.4. The highest BCUT2D eigenvalue weighted by molar-refractivity contribution is 5.94. The van der Waals surface area contributed by atoms with Crippen molar-refractivity contribution in [3.05, 3.63) is 41.6 Å². The molecule has 2 heteroatoms. The van der Waals surface area contributed by atoms with E-state index in [9.17, 15) is 4.79 Å². The Hall–Kier alpha value is -1.83. The van der Waals surface area contributed by atoms with Gasteiger partial charge >= 0.3 is 0 Å². The predicted molar refractivity (Wildman–Crippen MR) is 60.6 cm³/mol. The van der Waals surface area contributed by atoms with E-state index in [-0.39, 0.29) is 0 Å². The highest BCUT2D eigenvalue weighted by Gasteiger charge is 2.19. The van der Waals surface area contributed by atoms with Crippen molar-refractivity contribution in [2.24, 2.45) is 0 Å². The Morgan fingerprint density at radius 3 is 2.93 bits per heavy atom. The third-order valence-corrected chi connectivity index (χ3v) is 3.15. The van der Waals surface area contributed by atoms with Crippen LogP contribution in [-0.4, -0.2) is 10.9 Å². The minimum Gasteiger partial charge on any atom is -0.336 e. The van der Waals surface area contributed by atoms with Gasteiger partial charge in [0.25, 0.3) is 0 Å². The van der Waals surface area contributed by atoms with Crippen LogP contribution in [0.15, 0.2) is 35.9 Å². The normalized spacial score (nSPS) is 14.7.